The first-order valence-electron chi connectivity index (χ1n) is 4.24. The van der Waals surface area contributed by atoms with Crippen molar-refractivity contribution in [2.75, 3.05) is 0 Å². The van der Waals surface area contributed by atoms with E-state index in [1.165, 1.54) is 0 Å². The summed E-state index contributed by atoms with van der Waals surface area (Å²) in [5.74, 6) is -0.876. The van der Waals surface area contributed by atoms with Crippen LogP contribution >= 0.6 is 11.6 Å². The summed E-state index contributed by atoms with van der Waals surface area (Å²) in [6, 6.07) is 7.35. The fraction of sp³-hybridized carbons (Fsp3) is 0.182. The Balaban J connectivity index is 2.66. The van der Waals surface area contributed by atoms with Gasteiger partial charge in [-0.3, -0.25) is 0 Å². The number of aliphatic carboxylic acids is 1. The molecule has 14 heavy (non-hydrogen) atoms. The summed E-state index contributed by atoms with van der Waals surface area (Å²) in [6.07, 6.45) is 2.31. The van der Waals surface area contributed by atoms with E-state index in [1.807, 2.05) is 12.1 Å². The fourth-order valence-corrected chi connectivity index (χ4v) is 1.10. The monoisotopic (exact) mass is 210 g/mol. The van der Waals surface area contributed by atoms with Crippen LogP contribution in [0.4, 0.5) is 0 Å². The van der Waals surface area contributed by atoms with Gasteiger partial charge in [0.15, 0.2) is 0 Å². The highest BCUT2D eigenvalue weighted by molar-refractivity contribution is 6.30. The van der Waals surface area contributed by atoms with E-state index in [0.717, 1.165) is 5.56 Å². The van der Waals surface area contributed by atoms with E-state index in [4.69, 9.17) is 16.7 Å². The number of hydrogen-bond donors (Lipinski definition) is 1. The van der Waals surface area contributed by atoms with E-state index in [9.17, 15) is 4.79 Å². The molecule has 0 saturated heterocycles. The third-order valence-electron chi connectivity index (χ3n) is 1.89. The Morgan fingerprint density at radius 1 is 1.43 bits per heavy atom. The van der Waals surface area contributed by atoms with Crippen molar-refractivity contribution < 1.29 is 9.90 Å². The average molecular weight is 211 g/mol. The lowest BCUT2D eigenvalue weighted by Gasteiger charge is -1.97. The third-order valence-corrected chi connectivity index (χ3v) is 2.15. The molecule has 0 heterocycles. The number of carboxylic acid groups (broad SMARTS) is 1. The lowest BCUT2D eigenvalue weighted by Crippen LogP contribution is -1.96. The Hall–Kier alpha value is -1.28. The number of allylic oxidation sites excluding steroid dienone is 1. The van der Waals surface area contributed by atoms with Crippen molar-refractivity contribution in [3.8, 4) is 0 Å². The molecule has 0 spiro atoms. The lowest BCUT2D eigenvalue weighted by atomic mass is 10.1. The van der Waals surface area contributed by atoms with Gasteiger partial charge in [0.25, 0.3) is 0 Å². The lowest BCUT2D eigenvalue weighted by molar-refractivity contribution is -0.132. The first-order valence-corrected chi connectivity index (χ1v) is 4.62. The van der Waals surface area contributed by atoms with Gasteiger partial charge < -0.3 is 5.11 Å². The Morgan fingerprint density at radius 3 is 2.50 bits per heavy atom. The van der Waals surface area contributed by atoms with Crippen LogP contribution in [0.3, 0.4) is 0 Å². The predicted molar refractivity (Wildman–Crippen MR) is 56.5 cm³/mol. The Morgan fingerprint density at radius 2 is 2.00 bits per heavy atom. The predicted octanol–water partition coefficient (Wildman–Crippen LogP) is 2.91. The van der Waals surface area contributed by atoms with E-state index in [0.29, 0.717) is 17.0 Å². The van der Waals surface area contributed by atoms with Crippen LogP contribution < -0.4 is 0 Å². The Bertz CT molecular complexity index is 352. The van der Waals surface area contributed by atoms with Gasteiger partial charge in [0.05, 0.1) is 0 Å². The van der Waals surface area contributed by atoms with Crippen molar-refractivity contribution in [1.29, 1.82) is 0 Å². The molecule has 74 valence electrons. The molecule has 1 N–H and O–H groups in total. The summed E-state index contributed by atoms with van der Waals surface area (Å²) in [5.41, 5.74) is 1.41. The molecule has 1 aromatic carbocycles. The highest BCUT2D eigenvalue weighted by Gasteiger charge is 1.98. The molecular formula is C11H11ClO2. The standard InChI is InChI=1S/C11H11ClO2/c1-8(11(13)14)2-3-9-4-6-10(12)7-5-9/h2,4-7H,3H2,1H3,(H,13,14)/b8-2+. The number of halogens is 1. The number of hydrogen-bond acceptors (Lipinski definition) is 1. The van der Waals surface area contributed by atoms with Gasteiger partial charge in [-0.1, -0.05) is 29.8 Å². The summed E-state index contributed by atoms with van der Waals surface area (Å²) in [5, 5.41) is 9.30. The van der Waals surface area contributed by atoms with Crippen molar-refractivity contribution in [1.82, 2.24) is 0 Å². The molecule has 0 aliphatic rings. The molecule has 0 saturated carbocycles. The average Bonchev–Trinajstić information content (AvgIpc) is 2.16. The quantitative estimate of drug-likeness (QED) is 0.779. The van der Waals surface area contributed by atoms with Crippen molar-refractivity contribution in [2.45, 2.75) is 13.3 Å². The topological polar surface area (TPSA) is 37.3 Å². The van der Waals surface area contributed by atoms with Crippen LogP contribution in [0.2, 0.25) is 5.02 Å². The van der Waals surface area contributed by atoms with Crippen LogP contribution in [0.25, 0.3) is 0 Å². The molecule has 2 nitrogen and oxygen atoms in total. The van der Waals surface area contributed by atoms with Crippen molar-refractivity contribution >= 4 is 17.6 Å². The molecule has 0 radical (unpaired) electrons. The molecule has 0 bridgehead atoms. The number of carbonyl (C=O) groups is 1. The molecule has 0 fully saturated rings. The first kappa shape index (κ1) is 10.8. The van der Waals surface area contributed by atoms with E-state index in [1.54, 1.807) is 25.1 Å². The summed E-state index contributed by atoms with van der Waals surface area (Å²) in [7, 11) is 0. The molecule has 0 unspecified atom stereocenters. The number of rotatable bonds is 3. The van der Waals surface area contributed by atoms with Gasteiger partial charge in [0.1, 0.15) is 0 Å². The second-order valence-electron chi connectivity index (χ2n) is 3.02. The number of carboxylic acids is 1. The summed E-state index contributed by atoms with van der Waals surface area (Å²) < 4.78 is 0. The second-order valence-corrected chi connectivity index (χ2v) is 3.46. The molecule has 0 aliphatic carbocycles. The zero-order valence-corrected chi connectivity index (χ0v) is 8.58. The Labute approximate surface area is 87.8 Å². The first-order chi connectivity index (χ1) is 6.59. The van der Waals surface area contributed by atoms with Crippen LogP contribution in [0.5, 0.6) is 0 Å². The van der Waals surface area contributed by atoms with Crippen LogP contribution in [0.15, 0.2) is 35.9 Å². The van der Waals surface area contributed by atoms with Crippen LogP contribution in [0.1, 0.15) is 12.5 Å². The molecule has 0 amide bonds. The van der Waals surface area contributed by atoms with E-state index < -0.39 is 5.97 Å². The third kappa shape index (κ3) is 3.23. The molecule has 0 aromatic heterocycles. The minimum Gasteiger partial charge on any atom is -0.478 e. The minimum absolute atomic E-state index is 0.361. The van der Waals surface area contributed by atoms with Crippen LogP contribution in [-0.4, -0.2) is 11.1 Å². The van der Waals surface area contributed by atoms with Crippen LogP contribution in [-0.2, 0) is 11.2 Å². The smallest absolute Gasteiger partial charge is 0.330 e. The van der Waals surface area contributed by atoms with Crippen molar-refractivity contribution in [3.63, 3.8) is 0 Å². The molecular weight excluding hydrogens is 200 g/mol. The molecule has 3 heteroatoms. The SMILES string of the molecule is C/C(=C\Cc1ccc(Cl)cc1)C(=O)O. The zero-order valence-electron chi connectivity index (χ0n) is 7.83. The molecule has 1 rings (SSSR count). The maximum atomic E-state index is 10.5. The Kier molecular flexibility index (Phi) is 3.72. The largest absolute Gasteiger partial charge is 0.478 e. The summed E-state index contributed by atoms with van der Waals surface area (Å²) >= 11 is 5.72. The maximum absolute atomic E-state index is 10.5. The minimum atomic E-state index is -0.876. The molecule has 1 aromatic rings. The van der Waals surface area contributed by atoms with Gasteiger partial charge in [-0.25, -0.2) is 4.79 Å². The van der Waals surface area contributed by atoms with Gasteiger partial charge in [0, 0.05) is 10.6 Å². The normalized spacial score (nSPS) is 11.4. The second kappa shape index (κ2) is 4.82. The van der Waals surface area contributed by atoms with E-state index in [2.05, 4.69) is 0 Å². The van der Waals surface area contributed by atoms with E-state index >= 15 is 0 Å². The fourth-order valence-electron chi connectivity index (χ4n) is 0.979. The zero-order chi connectivity index (χ0) is 10.6. The van der Waals surface area contributed by atoms with Gasteiger partial charge in [-0.05, 0) is 31.0 Å². The van der Waals surface area contributed by atoms with Gasteiger partial charge >= 0.3 is 5.97 Å². The van der Waals surface area contributed by atoms with Crippen LogP contribution in [0, 0.1) is 0 Å². The van der Waals surface area contributed by atoms with Crippen molar-refractivity contribution in [2.24, 2.45) is 0 Å². The number of benzene rings is 1. The van der Waals surface area contributed by atoms with Gasteiger partial charge in [-0.15, -0.1) is 0 Å². The highest BCUT2D eigenvalue weighted by Crippen LogP contribution is 2.10. The summed E-state index contributed by atoms with van der Waals surface area (Å²) in [4.78, 5) is 10.5. The van der Waals surface area contributed by atoms with Gasteiger partial charge in [0.2, 0.25) is 0 Å². The molecule has 0 aliphatic heterocycles. The van der Waals surface area contributed by atoms with Gasteiger partial charge in [-0.2, -0.15) is 0 Å². The highest BCUT2D eigenvalue weighted by atomic mass is 35.5. The van der Waals surface area contributed by atoms with E-state index in [-0.39, 0.29) is 0 Å². The summed E-state index contributed by atoms with van der Waals surface area (Å²) in [6.45, 7) is 1.58. The van der Waals surface area contributed by atoms with Crippen molar-refractivity contribution in [3.05, 3.63) is 46.5 Å². The molecule has 0 atom stereocenters. The maximum Gasteiger partial charge on any atom is 0.330 e.